The summed E-state index contributed by atoms with van der Waals surface area (Å²) in [6.07, 6.45) is 0.929. The second-order valence-corrected chi connectivity index (χ2v) is 7.89. The first kappa shape index (κ1) is 19.2. The van der Waals surface area contributed by atoms with Crippen LogP contribution in [0.5, 0.6) is 0 Å². The summed E-state index contributed by atoms with van der Waals surface area (Å²) < 4.78 is 6.25. The lowest BCUT2D eigenvalue weighted by atomic mass is 10.0. The molecule has 0 unspecified atom stereocenters. The second-order valence-electron chi connectivity index (χ2n) is 7.89. The normalized spacial score (nSPS) is 12.1. The third-order valence-electron chi connectivity index (χ3n) is 5.29. The molecule has 1 heterocycles. The van der Waals surface area contributed by atoms with Gasteiger partial charge in [0.1, 0.15) is 11.3 Å². The van der Waals surface area contributed by atoms with Gasteiger partial charge in [0.2, 0.25) is 0 Å². The maximum atomic E-state index is 6.25. The van der Waals surface area contributed by atoms with Crippen molar-refractivity contribution in [1.82, 2.24) is 0 Å². The fourth-order valence-corrected chi connectivity index (χ4v) is 3.54. The highest BCUT2D eigenvalue weighted by atomic mass is 16.3. The summed E-state index contributed by atoms with van der Waals surface area (Å²) in [5.74, 6) is 1.37. The SMILES string of the molecule is Cc1ccc2oc(-c3ccc(C(C)C)cc3)cc(=NCCc3ccccc3)c2c1. The molecule has 29 heavy (non-hydrogen) atoms. The lowest BCUT2D eigenvalue weighted by molar-refractivity contribution is 0.617. The summed E-state index contributed by atoms with van der Waals surface area (Å²) in [5, 5.41) is 2.06. The van der Waals surface area contributed by atoms with Crippen LogP contribution in [0.3, 0.4) is 0 Å². The molecular weight excluding hydrogens is 354 g/mol. The first-order valence-corrected chi connectivity index (χ1v) is 10.3. The first-order chi connectivity index (χ1) is 14.1. The van der Waals surface area contributed by atoms with Crippen LogP contribution in [0.4, 0.5) is 0 Å². The van der Waals surface area contributed by atoms with E-state index in [0.717, 1.165) is 40.6 Å². The zero-order chi connectivity index (χ0) is 20.2. The molecule has 2 heteroatoms. The summed E-state index contributed by atoms with van der Waals surface area (Å²) in [6, 6.07) is 27.5. The van der Waals surface area contributed by atoms with Crippen molar-refractivity contribution in [1.29, 1.82) is 0 Å². The predicted octanol–water partition coefficient (Wildman–Crippen LogP) is 6.68. The number of hydrogen-bond donors (Lipinski definition) is 0. The molecule has 0 spiro atoms. The molecule has 0 amide bonds. The van der Waals surface area contributed by atoms with Gasteiger partial charge in [-0.2, -0.15) is 0 Å². The topological polar surface area (TPSA) is 25.5 Å². The van der Waals surface area contributed by atoms with E-state index in [-0.39, 0.29) is 0 Å². The maximum Gasteiger partial charge on any atom is 0.136 e. The third kappa shape index (κ3) is 4.48. The largest absolute Gasteiger partial charge is 0.456 e. The van der Waals surface area contributed by atoms with E-state index in [4.69, 9.17) is 9.41 Å². The molecular formula is C27H27NO. The van der Waals surface area contributed by atoms with Crippen molar-refractivity contribution in [3.05, 3.63) is 101 Å². The molecule has 3 aromatic carbocycles. The number of aryl methyl sites for hydroxylation is 1. The van der Waals surface area contributed by atoms with E-state index in [2.05, 4.69) is 87.5 Å². The molecule has 0 radical (unpaired) electrons. The molecule has 0 fully saturated rings. The number of benzene rings is 3. The highest BCUT2D eigenvalue weighted by Gasteiger charge is 2.07. The number of rotatable bonds is 5. The predicted molar refractivity (Wildman–Crippen MR) is 121 cm³/mol. The number of hydrogen-bond acceptors (Lipinski definition) is 2. The van der Waals surface area contributed by atoms with Gasteiger partial charge in [0.05, 0.1) is 5.36 Å². The molecule has 4 rings (SSSR count). The van der Waals surface area contributed by atoms with E-state index in [9.17, 15) is 0 Å². The Morgan fingerprint density at radius 1 is 0.862 bits per heavy atom. The Hall–Kier alpha value is -3.13. The maximum absolute atomic E-state index is 6.25. The van der Waals surface area contributed by atoms with Gasteiger partial charge in [0.15, 0.2) is 0 Å². The Morgan fingerprint density at radius 2 is 1.62 bits per heavy atom. The zero-order valence-electron chi connectivity index (χ0n) is 17.4. The van der Waals surface area contributed by atoms with Crippen LogP contribution in [0.2, 0.25) is 0 Å². The third-order valence-corrected chi connectivity index (χ3v) is 5.29. The van der Waals surface area contributed by atoms with Crippen LogP contribution in [-0.4, -0.2) is 6.54 Å². The van der Waals surface area contributed by atoms with Crippen LogP contribution in [0.1, 0.15) is 36.5 Å². The second kappa shape index (κ2) is 8.48. The number of nitrogens with zero attached hydrogens (tertiary/aromatic N) is 1. The van der Waals surface area contributed by atoms with Crippen LogP contribution in [0.25, 0.3) is 22.3 Å². The van der Waals surface area contributed by atoms with Gasteiger partial charge in [-0.1, -0.05) is 80.1 Å². The van der Waals surface area contributed by atoms with Crippen molar-refractivity contribution in [2.45, 2.75) is 33.1 Å². The van der Waals surface area contributed by atoms with Crippen molar-refractivity contribution >= 4 is 11.0 Å². The highest BCUT2D eigenvalue weighted by molar-refractivity contribution is 5.79. The van der Waals surface area contributed by atoms with Crippen molar-refractivity contribution in [3.63, 3.8) is 0 Å². The van der Waals surface area contributed by atoms with Crippen LogP contribution < -0.4 is 5.36 Å². The minimum absolute atomic E-state index is 0.518. The smallest absolute Gasteiger partial charge is 0.136 e. The van der Waals surface area contributed by atoms with Crippen LogP contribution in [0, 0.1) is 6.92 Å². The molecule has 0 N–H and O–H groups in total. The summed E-state index contributed by atoms with van der Waals surface area (Å²) in [5.41, 5.74) is 5.80. The van der Waals surface area contributed by atoms with Crippen molar-refractivity contribution in [3.8, 4) is 11.3 Å². The van der Waals surface area contributed by atoms with Gasteiger partial charge in [0.25, 0.3) is 0 Å². The van der Waals surface area contributed by atoms with E-state index < -0.39 is 0 Å². The molecule has 0 bridgehead atoms. The minimum Gasteiger partial charge on any atom is -0.456 e. The Morgan fingerprint density at radius 3 is 2.34 bits per heavy atom. The molecule has 0 aliphatic rings. The fourth-order valence-electron chi connectivity index (χ4n) is 3.54. The van der Waals surface area contributed by atoms with Gasteiger partial charge in [-0.15, -0.1) is 0 Å². The van der Waals surface area contributed by atoms with Crippen molar-refractivity contribution in [2.75, 3.05) is 6.54 Å². The molecule has 0 atom stereocenters. The average molecular weight is 382 g/mol. The summed E-state index contributed by atoms with van der Waals surface area (Å²) >= 11 is 0. The molecule has 2 nitrogen and oxygen atoms in total. The summed E-state index contributed by atoms with van der Waals surface area (Å²) in [6.45, 7) is 7.28. The molecule has 0 aliphatic carbocycles. The molecule has 1 aromatic heterocycles. The van der Waals surface area contributed by atoms with Gasteiger partial charge in [-0.3, -0.25) is 4.99 Å². The summed E-state index contributed by atoms with van der Waals surface area (Å²) in [7, 11) is 0. The minimum atomic E-state index is 0.518. The van der Waals surface area contributed by atoms with E-state index >= 15 is 0 Å². The lowest BCUT2D eigenvalue weighted by Crippen LogP contribution is -2.06. The fraction of sp³-hybridized carbons (Fsp3) is 0.222. The Labute approximate surface area is 172 Å². The number of fused-ring (bicyclic) bond motifs is 1. The molecule has 0 saturated carbocycles. The van der Waals surface area contributed by atoms with Crippen LogP contribution >= 0.6 is 0 Å². The van der Waals surface area contributed by atoms with E-state index in [1.807, 2.05) is 12.1 Å². The van der Waals surface area contributed by atoms with Gasteiger partial charge in [-0.25, -0.2) is 0 Å². The zero-order valence-corrected chi connectivity index (χ0v) is 17.4. The summed E-state index contributed by atoms with van der Waals surface area (Å²) in [4.78, 5) is 4.94. The quantitative estimate of drug-likeness (QED) is 0.379. The highest BCUT2D eigenvalue weighted by Crippen LogP contribution is 2.25. The van der Waals surface area contributed by atoms with Gasteiger partial charge in [0, 0.05) is 23.6 Å². The van der Waals surface area contributed by atoms with Crippen LogP contribution in [0.15, 0.2) is 88.3 Å². The van der Waals surface area contributed by atoms with Crippen molar-refractivity contribution in [2.24, 2.45) is 4.99 Å². The van der Waals surface area contributed by atoms with Crippen LogP contribution in [-0.2, 0) is 6.42 Å². The van der Waals surface area contributed by atoms with E-state index in [1.165, 1.54) is 16.7 Å². The monoisotopic (exact) mass is 381 g/mol. The standard InChI is InChI=1S/C27H27NO/c1-19(2)22-10-12-23(13-11-22)27-18-25(24-17-20(3)9-14-26(24)29-27)28-16-15-21-7-5-4-6-8-21/h4-14,17-19H,15-16H2,1-3H3. The average Bonchev–Trinajstić information content (AvgIpc) is 2.74. The Bertz CT molecular complexity index is 1170. The van der Waals surface area contributed by atoms with Crippen molar-refractivity contribution < 1.29 is 4.42 Å². The molecule has 4 aromatic rings. The molecule has 146 valence electrons. The van der Waals surface area contributed by atoms with E-state index in [1.54, 1.807) is 0 Å². The Kier molecular flexibility index (Phi) is 5.62. The lowest BCUT2D eigenvalue weighted by Gasteiger charge is -2.08. The Balaban J connectivity index is 1.75. The molecule has 0 saturated heterocycles. The molecule has 0 aliphatic heterocycles. The van der Waals surface area contributed by atoms with Gasteiger partial charge >= 0.3 is 0 Å². The van der Waals surface area contributed by atoms with Gasteiger partial charge < -0.3 is 4.42 Å². The van der Waals surface area contributed by atoms with E-state index in [0.29, 0.717) is 5.92 Å². The first-order valence-electron chi connectivity index (χ1n) is 10.3. The van der Waals surface area contributed by atoms with Gasteiger partial charge in [-0.05, 0) is 42.5 Å².